The maximum Gasteiger partial charge on any atom is 0.323 e. The molecule has 1 aromatic rings. The first-order valence-electron chi connectivity index (χ1n) is 5.73. The molecule has 0 aromatic carbocycles. The summed E-state index contributed by atoms with van der Waals surface area (Å²) in [5.74, 6) is 0.0535. The first-order valence-corrected chi connectivity index (χ1v) is 7.60. The van der Waals surface area contributed by atoms with Gasteiger partial charge in [0.05, 0.1) is 4.21 Å². The third kappa shape index (κ3) is 4.69. The Labute approximate surface area is 111 Å². The van der Waals surface area contributed by atoms with Crippen molar-refractivity contribution < 1.29 is 9.90 Å². The lowest BCUT2D eigenvalue weighted by Gasteiger charge is -2.25. The first-order chi connectivity index (χ1) is 8.08. The Morgan fingerprint density at radius 1 is 1.65 bits per heavy atom. The Kier molecular flexibility index (Phi) is 6.02. The fourth-order valence-electron chi connectivity index (χ4n) is 1.37. The molecule has 0 saturated heterocycles. The molecule has 2 N–H and O–H groups in total. The lowest BCUT2D eigenvalue weighted by molar-refractivity contribution is -0.144. The van der Waals surface area contributed by atoms with Crippen molar-refractivity contribution in [2.45, 2.75) is 36.4 Å². The molecule has 0 fully saturated rings. The van der Waals surface area contributed by atoms with E-state index in [0.717, 1.165) is 18.7 Å². The molecule has 0 saturated carbocycles. The molecule has 0 amide bonds. The van der Waals surface area contributed by atoms with E-state index in [-0.39, 0.29) is 0 Å². The molecular weight excluding hydrogens is 254 g/mol. The Balaban J connectivity index is 2.41. The second-order valence-electron chi connectivity index (χ2n) is 4.09. The van der Waals surface area contributed by atoms with E-state index in [1.54, 1.807) is 30.0 Å². The molecule has 17 heavy (non-hydrogen) atoms. The topological polar surface area (TPSA) is 49.3 Å². The molecule has 0 aliphatic rings. The third-order valence-corrected chi connectivity index (χ3v) is 4.71. The summed E-state index contributed by atoms with van der Waals surface area (Å²) >= 11 is 3.41. The number of carbonyl (C=O) groups is 1. The van der Waals surface area contributed by atoms with Crippen molar-refractivity contribution >= 4 is 29.1 Å². The van der Waals surface area contributed by atoms with Gasteiger partial charge in [-0.2, -0.15) is 0 Å². The van der Waals surface area contributed by atoms with Crippen LogP contribution in [0, 0.1) is 0 Å². The number of aliphatic carboxylic acids is 1. The Morgan fingerprint density at radius 2 is 2.41 bits per heavy atom. The van der Waals surface area contributed by atoms with Crippen molar-refractivity contribution in [1.82, 2.24) is 5.32 Å². The van der Waals surface area contributed by atoms with Gasteiger partial charge in [-0.3, -0.25) is 4.79 Å². The quantitative estimate of drug-likeness (QED) is 0.715. The average Bonchev–Trinajstić information content (AvgIpc) is 2.79. The molecule has 0 aliphatic carbocycles. The molecule has 1 rings (SSSR count). The summed E-state index contributed by atoms with van der Waals surface area (Å²) in [5, 5.41) is 14.4. The molecule has 0 radical (unpaired) electrons. The number of hydrogen-bond donors (Lipinski definition) is 2. The molecule has 0 aliphatic heterocycles. The van der Waals surface area contributed by atoms with Gasteiger partial charge >= 0.3 is 5.97 Å². The van der Waals surface area contributed by atoms with E-state index in [2.05, 4.69) is 11.4 Å². The van der Waals surface area contributed by atoms with Crippen LogP contribution >= 0.6 is 23.1 Å². The van der Waals surface area contributed by atoms with E-state index in [1.807, 2.05) is 18.4 Å². The summed E-state index contributed by atoms with van der Waals surface area (Å²) in [7, 11) is 0. The highest BCUT2D eigenvalue weighted by Gasteiger charge is 2.31. The molecular formula is C12H19NO2S2. The van der Waals surface area contributed by atoms with Gasteiger partial charge in [0.1, 0.15) is 5.54 Å². The smallest absolute Gasteiger partial charge is 0.323 e. The SMILES string of the molecule is CCCNC(C)(CCSc1cccs1)C(=O)O. The Morgan fingerprint density at radius 3 is 2.94 bits per heavy atom. The van der Waals surface area contributed by atoms with Crippen LogP contribution in [-0.2, 0) is 4.79 Å². The molecule has 1 heterocycles. The second kappa shape index (κ2) is 7.03. The van der Waals surface area contributed by atoms with Crippen molar-refractivity contribution in [2.75, 3.05) is 12.3 Å². The molecule has 1 atom stereocenters. The molecule has 5 heteroatoms. The number of hydrogen-bond acceptors (Lipinski definition) is 4. The van der Waals surface area contributed by atoms with E-state index in [1.165, 1.54) is 4.21 Å². The van der Waals surface area contributed by atoms with Gasteiger partial charge in [0.15, 0.2) is 0 Å². The molecule has 96 valence electrons. The summed E-state index contributed by atoms with van der Waals surface area (Å²) < 4.78 is 1.24. The van der Waals surface area contributed by atoms with Crippen LogP contribution in [0.25, 0.3) is 0 Å². The predicted molar refractivity (Wildman–Crippen MR) is 74.0 cm³/mol. The summed E-state index contributed by atoms with van der Waals surface area (Å²) in [4.78, 5) is 11.3. The zero-order valence-corrected chi connectivity index (χ0v) is 11.9. The molecule has 1 aromatic heterocycles. The number of rotatable bonds is 8. The number of carboxylic acids is 1. The van der Waals surface area contributed by atoms with E-state index < -0.39 is 11.5 Å². The minimum Gasteiger partial charge on any atom is -0.480 e. The van der Waals surface area contributed by atoms with Gasteiger partial charge < -0.3 is 10.4 Å². The van der Waals surface area contributed by atoms with Crippen molar-refractivity contribution in [1.29, 1.82) is 0 Å². The van der Waals surface area contributed by atoms with Crippen molar-refractivity contribution in [3.63, 3.8) is 0 Å². The summed E-state index contributed by atoms with van der Waals surface area (Å²) in [5.41, 5.74) is -0.805. The zero-order chi connectivity index (χ0) is 12.7. The summed E-state index contributed by atoms with van der Waals surface area (Å²) in [6, 6.07) is 4.08. The summed E-state index contributed by atoms with van der Waals surface area (Å²) in [6.07, 6.45) is 1.58. The largest absolute Gasteiger partial charge is 0.480 e. The second-order valence-corrected chi connectivity index (χ2v) is 6.44. The van der Waals surface area contributed by atoms with E-state index in [0.29, 0.717) is 6.42 Å². The van der Waals surface area contributed by atoms with Crippen LogP contribution in [0.1, 0.15) is 26.7 Å². The lowest BCUT2D eigenvalue weighted by atomic mass is 9.99. The normalized spacial score (nSPS) is 14.5. The Hall–Kier alpha value is -0.520. The van der Waals surface area contributed by atoms with Gasteiger partial charge in [0.2, 0.25) is 0 Å². The maximum absolute atomic E-state index is 11.3. The lowest BCUT2D eigenvalue weighted by Crippen LogP contribution is -2.50. The number of thioether (sulfide) groups is 1. The standard InChI is InChI=1S/C12H19NO2S2/c1-3-7-13-12(2,11(14)15)6-9-17-10-5-4-8-16-10/h4-5,8,13H,3,6-7,9H2,1-2H3,(H,14,15). The van der Waals surface area contributed by atoms with E-state index in [9.17, 15) is 9.90 Å². The van der Waals surface area contributed by atoms with Crippen molar-refractivity contribution in [3.8, 4) is 0 Å². The van der Waals surface area contributed by atoms with Gasteiger partial charge in [0.25, 0.3) is 0 Å². The van der Waals surface area contributed by atoms with Crippen LogP contribution in [0.5, 0.6) is 0 Å². The van der Waals surface area contributed by atoms with Crippen LogP contribution in [0.3, 0.4) is 0 Å². The van der Waals surface area contributed by atoms with Crippen LogP contribution in [-0.4, -0.2) is 28.9 Å². The van der Waals surface area contributed by atoms with Crippen LogP contribution in [0.2, 0.25) is 0 Å². The fourth-order valence-corrected chi connectivity index (χ4v) is 3.40. The van der Waals surface area contributed by atoms with Gasteiger partial charge in [-0.1, -0.05) is 13.0 Å². The first kappa shape index (κ1) is 14.5. The average molecular weight is 273 g/mol. The van der Waals surface area contributed by atoms with Crippen LogP contribution in [0.15, 0.2) is 21.7 Å². The van der Waals surface area contributed by atoms with Crippen molar-refractivity contribution in [2.24, 2.45) is 0 Å². The molecule has 1 unspecified atom stereocenters. The van der Waals surface area contributed by atoms with Gasteiger partial charge in [-0.15, -0.1) is 23.1 Å². The number of carboxylic acid groups (broad SMARTS) is 1. The van der Waals surface area contributed by atoms with Gasteiger partial charge in [0, 0.05) is 5.75 Å². The highest BCUT2D eigenvalue weighted by Crippen LogP contribution is 2.26. The molecule has 0 bridgehead atoms. The maximum atomic E-state index is 11.3. The minimum absolute atomic E-state index is 0.630. The number of nitrogens with one attached hydrogen (secondary N) is 1. The fraction of sp³-hybridized carbons (Fsp3) is 0.583. The van der Waals surface area contributed by atoms with E-state index in [4.69, 9.17) is 0 Å². The zero-order valence-electron chi connectivity index (χ0n) is 10.2. The molecule has 0 spiro atoms. The monoisotopic (exact) mass is 273 g/mol. The highest BCUT2D eigenvalue weighted by molar-refractivity contribution is 8.01. The van der Waals surface area contributed by atoms with Crippen LogP contribution in [0.4, 0.5) is 0 Å². The highest BCUT2D eigenvalue weighted by atomic mass is 32.2. The van der Waals surface area contributed by atoms with E-state index >= 15 is 0 Å². The van der Waals surface area contributed by atoms with Crippen LogP contribution < -0.4 is 5.32 Å². The number of thiophene rings is 1. The van der Waals surface area contributed by atoms with Gasteiger partial charge in [-0.05, 0) is 37.8 Å². The van der Waals surface area contributed by atoms with Crippen molar-refractivity contribution in [3.05, 3.63) is 17.5 Å². The predicted octanol–water partition coefficient (Wildman–Crippen LogP) is 3.07. The molecule has 3 nitrogen and oxygen atoms in total. The Bertz CT molecular complexity index is 340. The third-order valence-electron chi connectivity index (χ3n) is 2.58. The summed E-state index contributed by atoms with van der Waals surface area (Å²) in [6.45, 7) is 4.54. The minimum atomic E-state index is -0.805. The van der Waals surface area contributed by atoms with Gasteiger partial charge in [-0.25, -0.2) is 0 Å².